The Morgan fingerprint density at radius 1 is 1.30 bits per heavy atom. The van der Waals surface area contributed by atoms with Gasteiger partial charge in [-0.3, -0.25) is 4.79 Å². The number of carbonyl (C=O) groups excluding carboxylic acids is 1. The lowest BCUT2D eigenvalue weighted by Gasteiger charge is -2.29. The van der Waals surface area contributed by atoms with Crippen molar-refractivity contribution in [1.29, 1.82) is 0 Å². The summed E-state index contributed by atoms with van der Waals surface area (Å²) in [6.07, 6.45) is 8.56. The summed E-state index contributed by atoms with van der Waals surface area (Å²) in [6, 6.07) is 0.663. The molecular weight excluding hydrogens is 312 g/mol. The molecule has 2 saturated carbocycles. The molecule has 2 aliphatic carbocycles. The van der Waals surface area contributed by atoms with E-state index in [-0.39, 0.29) is 11.9 Å². The van der Waals surface area contributed by atoms with Crippen molar-refractivity contribution in [3.63, 3.8) is 0 Å². The normalized spacial score (nSPS) is 22.3. The predicted molar refractivity (Wildman–Crippen MR) is 89.9 cm³/mol. The van der Waals surface area contributed by atoms with Crippen LogP contribution in [0.3, 0.4) is 0 Å². The van der Waals surface area contributed by atoms with Crippen LogP contribution in [0.15, 0.2) is 6.20 Å². The highest BCUT2D eigenvalue weighted by atomic mass is 35.5. The Balaban J connectivity index is 1.61. The van der Waals surface area contributed by atoms with E-state index in [1.165, 1.54) is 12.8 Å². The van der Waals surface area contributed by atoms with E-state index < -0.39 is 0 Å². The van der Waals surface area contributed by atoms with Gasteiger partial charge in [0, 0.05) is 25.2 Å². The molecule has 3 aliphatic rings. The van der Waals surface area contributed by atoms with E-state index in [9.17, 15) is 4.79 Å². The molecular formula is C17H23ClN4O. The average molecular weight is 335 g/mol. The number of anilines is 1. The Kier molecular flexibility index (Phi) is 3.92. The lowest BCUT2D eigenvalue weighted by molar-refractivity contribution is 0.0648. The molecule has 1 aromatic rings. The van der Waals surface area contributed by atoms with Gasteiger partial charge in [-0.15, -0.1) is 0 Å². The zero-order valence-corrected chi connectivity index (χ0v) is 14.3. The Labute approximate surface area is 142 Å². The van der Waals surface area contributed by atoms with E-state index >= 15 is 0 Å². The number of aromatic nitrogens is 2. The summed E-state index contributed by atoms with van der Waals surface area (Å²) in [4.78, 5) is 26.2. The predicted octanol–water partition coefficient (Wildman–Crippen LogP) is 3.13. The molecule has 5 nitrogen and oxygen atoms in total. The van der Waals surface area contributed by atoms with Gasteiger partial charge in [-0.1, -0.05) is 11.6 Å². The van der Waals surface area contributed by atoms with Crippen LogP contribution in [0.2, 0.25) is 5.02 Å². The van der Waals surface area contributed by atoms with Crippen molar-refractivity contribution in [2.45, 2.75) is 57.5 Å². The fourth-order valence-corrected chi connectivity index (χ4v) is 3.71. The number of hydrogen-bond acceptors (Lipinski definition) is 4. The van der Waals surface area contributed by atoms with E-state index in [0.717, 1.165) is 38.8 Å². The molecule has 3 fully saturated rings. The maximum atomic E-state index is 13.1. The van der Waals surface area contributed by atoms with Crippen molar-refractivity contribution >= 4 is 23.5 Å². The molecule has 1 atom stereocenters. The number of amides is 1. The van der Waals surface area contributed by atoms with Crippen molar-refractivity contribution in [2.75, 3.05) is 18.0 Å². The van der Waals surface area contributed by atoms with Gasteiger partial charge >= 0.3 is 0 Å². The zero-order valence-electron chi connectivity index (χ0n) is 13.5. The average Bonchev–Trinajstić information content (AvgIpc) is 3.47. The number of nitrogens with zero attached hydrogens (tertiary/aromatic N) is 4. The minimum atomic E-state index is -0.0141. The smallest absolute Gasteiger partial charge is 0.274 e. The highest BCUT2D eigenvalue weighted by Crippen LogP contribution is 2.40. The summed E-state index contributed by atoms with van der Waals surface area (Å²) < 4.78 is 0. The SMILES string of the molecule is CC(C1CC1)N(C(=O)c1nc(N2CCCC2)ncc1Cl)C1CC1. The van der Waals surface area contributed by atoms with Crippen LogP contribution in [-0.2, 0) is 0 Å². The number of halogens is 1. The summed E-state index contributed by atoms with van der Waals surface area (Å²) in [5, 5.41) is 0.367. The third kappa shape index (κ3) is 3.03. The molecule has 0 radical (unpaired) electrons. The molecule has 6 heteroatoms. The van der Waals surface area contributed by atoms with Crippen LogP contribution in [0, 0.1) is 5.92 Å². The maximum absolute atomic E-state index is 13.1. The topological polar surface area (TPSA) is 49.3 Å². The monoisotopic (exact) mass is 334 g/mol. The molecule has 1 amide bonds. The van der Waals surface area contributed by atoms with Crippen LogP contribution >= 0.6 is 11.6 Å². The molecule has 0 spiro atoms. The van der Waals surface area contributed by atoms with Gasteiger partial charge in [0.25, 0.3) is 5.91 Å². The summed E-state index contributed by atoms with van der Waals surface area (Å²) in [7, 11) is 0. The molecule has 2 heterocycles. The second-order valence-corrected chi connectivity index (χ2v) is 7.49. The van der Waals surface area contributed by atoms with E-state index in [1.54, 1.807) is 6.20 Å². The highest BCUT2D eigenvalue weighted by molar-refractivity contribution is 6.33. The summed E-state index contributed by atoms with van der Waals surface area (Å²) >= 11 is 6.28. The highest BCUT2D eigenvalue weighted by Gasteiger charge is 2.42. The van der Waals surface area contributed by atoms with Crippen LogP contribution in [-0.4, -0.2) is 45.9 Å². The first-order chi connectivity index (χ1) is 11.1. The minimum Gasteiger partial charge on any atom is -0.341 e. The van der Waals surface area contributed by atoms with Gasteiger partial charge < -0.3 is 9.80 Å². The van der Waals surface area contributed by atoms with Crippen molar-refractivity contribution in [3.8, 4) is 0 Å². The van der Waals surface area contributed by atoms with Crippen molar-refractivity contribution in [1.82, 2.24) is 14.9 Å². The van der Waals surface area contributed by atoms with Crippen LogP contribution in [0.4, 0.5) is 5.95 Å². The fourth-order valence-electron chi connectivity index (χ4n) is 3.54. The fraction of sp³-hybridized carbons (Fsp3) is 0.706. The molecule has 124 valence electrons. The molecule has 1 saturated heterocycles. The van der Waals surface area contributed by atoms with Gasteiger partial charge in [-0.05, 0) is 51.4 Å². The number of carbonyl (C=O) groups is 1. The third-order valence-corrected chi connectivity index (χ3v) is 5.52. The standard InChI is InChI=1S/C17H23ClN4O/c1-11(12-4-5-12)22(13-6-7-13)16(23)15-14(18)10-19-17(20-15)21-8-2-3-9-21/h10-13H,2-9H2,1H3. The second-order valence-electron chi connectivity index (χ2n) is 7.08. The van der Waals surface area contributed by atoms with E-state index in [1.807, 2.05) is 4.90 Å². The summed E-state index contributed by atoms with van der Waals surface area (Å²) in [6.45, 7) is 4.09. The Morgan fingerprint density at radius 3 is 2.61 bits per heavy atom. The van der Waals surface area contributed by atoms with Crippen molar-refractivity contribution in [2.24, 2.45) is 5.92 Å². The van der Waals surface area contributed by atoms with Gasteiger partial charge in [0.2, 0.25) is 5.95 Å². The Hall–Kier alpha value is -1.36. The van der Waals surface area contributed by atoms with Gasteiger partial charge in [-0.25, -0.2) is 9.97 Å². The van der Waals surface area contributed by atoms with Crippen LogP contribution in [0.25, 0.3) is 0 Å². The second kappa shape index (κ2) is 5.93. The van der Waals surface area contributed by atoms with Crippen molar-refractivity contribution < 1.29 is 4.79 Å². The number of hydrogen-bond donors (Lipinski definition) is 0. The van der Waals surface area contributed by atoms with Crippen LogP contribution in [0.5, 0.6) is 0 Å². The molecule has 1 unspecified atom stereocenters. The molecule has 23 heavy (non-hydrogen) atoms. The van der Waals surface area contributed by atoms with Crippen LogP contribution in [0.1, 0.15) is 55.9 Å². The molecule has 1 aliphatic heterocycles. The van der Waals surface area contributed by atoms with Gasteiger partial charge in [-0.2, -0.15) is 0 Å². The summed E-state index contributed by atoms with van der Waals surface area (Å²) in [5.74, 6) is 1.28. The quantitative estimate of drug-likeness (QED) is 0.830. The first-order valence-electron chi connectivity index (χ1n) is 8.75. The largest absolute Gasteiger partial charge is 0.341 e. The van der Waals surface area contributed by atoms with E-state index in [0.29, 0.717) is 28.6 Å². The molecule has 0 bridgehead atoms. The number of rotatable bonds is 5. The van der Waals surface area contributed by atoms with E-state index in [4.69, 9.17) is 11.6 Å². The lowest BCUT2D eigenvalue weighted by atomic mass is 10.1. The lowest BCUT2D eigenvalue weighted by Crippen LogP contribution is -2.42. The Morgan fingerprint density at radius 2 is 2.00 bits per heavy atom. The maximum Gasteiger partial charge on any atom is 0.274 e. The molecule has 4 rings (SSSR count). The Bertz CT molecular complexity index is 609. The molecule has 0 N–H and O–H groups in total. The molecule has 0 aromatic carbocycles. The van der Waals surface area contributed by atoms with Gasteiger partial charge in [0.1, 0.15) is 0 Å². The first-order valence-corrected chi connectivity index (χ1v) is 9.13. The van der Waals surface area contributed by atoms with Crippen LogP contribution < -0.4 is 4.90 Å². The first kappa shape index (κ1) is 15.2. The van der Waals surface area contributed by atoms with E-state index in [2.05, 4.69) is 21.8 Å². The zero-order chi connectivity index (χ0) is 16.0. The van der Waals surface area contributed by atoms with Gasteiger partial charge in [0.15, 0.2) is 5.69 Å². The van der Waals surface area contributed by atoms with Crippen molar-refractivity contribution in [3.05, 3.63) is 16.9 Å². The third-order valence-electron chi connectivity index (χ3n) is 5.24. The molecule has 1 aromatic heterocycles. The minimum absolute atomic E-state index is 0.0141. The summed E-state index contributed by atoms with van der Waals surface area (Å²) in [5.41, 5.74) is 0.378. The van der Waals surface area contributed by atoms with Gasteiger partial charge in [0.05, 0.1) is 11.2 Å².